The Hall–Kier alpha value is -1.39. The van der Waals surface area contributed by atoms with Crippen LogP contribution in [-0.2, 0) is 9.59 Å². The van der Waals surface area contributed by atoms with Gasteiger partial charge in [0.15, 0.2) is 0 Å². The normalized spacial score (nSPS) is 41.6. The lowest BCUT2D eigenvalue weighted by Crippen LogP contribution is -2.60. The SMILES string of the molecule is CCN1CCN(C2CC(C(=O)NC3CCC(C)C(C4CC5CNC(C)CC5N(C)C4=O)C3)CC(C(F)(F)F)C2)CC1. The van der Waals surface area contributed by atoms with E-state index in [9.17, 15) is 22.8 Å². The number of amides is 2. The van der Waals surface area contributed by atoms with Gasteiger partial charge < -0.3 is 20.4 Å². The number of fused-ring (bicyclic) bond motifs is 1. The zero-order valence-corrected chi connectivity index (χ0v) is 25.5. The van der Waals surface area contributed by atoms with Gasteiger partial charge in [0.2, 0.25) is 11.8 Å². The number of likely N-dealkylation sites (N-methyl/N-ethyl adjacent to an activating group) is 1. The highest BCUT2D eigenvalue weighted by molar-refractivity contribution is 5.81. The third kappa shape index (κ3) is 6.90. The number of hydrogen-bond donors (Lipinski definition) is 2. The molecule has 2 N–H and O–H groups in total. The number of likely N-dealkylation sites (tertiary alicyclic amines) is 1. The molecule has 234 valence electrons. The minimum absolute atomic E-state index is 0.0541. The second-order valence-corrected chi connectivity index (χ2v) is 14.1. The highest BCUT2D eigenvalue weighted by atomic mass is 19.4. The van der Waals surface area contributed by atoms with Crippen molar-refractivity contribution in [1.82, 2.24) is 25.3 Å². The Balaban J connectivity index is 1.22. The van der Waals surface area contributed by atoms with Crippen LogP contribution >= 0.6 is 0 Å². The first-order valence-corrected chi connectivity index (χ1v) is 16.3. The Kier molecular flexibility index (Phi) is 9.61. The van der Waals surface area contributed by atoms with Gasteiger partial charge in [-0.25, -0.2) is 0 Å². The topological polar surface area (TPSA) is 67.9 Å². The Labute approximate surface area is 244 Å². The molecule has 7 nitrogen and oxygen atoms in total. The largest absolute Gasteiger partial charge is 0.391 e. The fourth-order valence-corrected chi connectivity index (χ4v) is 8.93. The number of carbonyl (C=O) groups is 2. The number of hydrogen-bond acceptors (Lipinski definition) is 5. The van der Waals surface area contributed by atoms with E-state index in [1.807, 2.05) is 11.9 Å². The van der Waals surface area contributed by atoms with E-state index in [-0.39, 0.29) is 54.6 Å². The molecule has 3 saturated heterocycles. The van der Waals surface area contributed by atoms with Crippen LogP contribution in [-0.4, -0.2) is 103 Å². The molecule has 5 aliphatic rings. The zero-order valence-electron chi connectivity index (χ0n) is 25.5. The van der Waals surface area contributed by atoms with Crippen LogP contribution in [0.1, 0.15) is 72.1 Å². The van der Waals surface area contributed by atoms with Crippen molar-refractivity contribution in [3.8, 4) is 0 Å². The molecule has 2 aliphatic carbocycles. The van der Waals surface area contributed by atoms with Crippen molar-refractivity contribution in [3.05, 3.63) is 0 Å². The Morgan fingerprint density at radius 2 is 1.73 bits per heavy atom. The monoisotopic (exact) mass is 583 g/mol. The predicted molar refractivity (Wildman–Crippen MR) is 153 cm³/mol. The molecule has 0 aromatic heterocycles. The first-order chi connectivity index (χ1) is 19.4. The van der Waals surface area contributed by atoms with Crippen molar-refractivity contribution in [3.63, 3.8) is 0 Å². The van der Waals surface area contributed by atoms with Crippen LogP contribution in [0.15, 0.2) is 0 Å². The number of piperidine rings is 2. The van der Waals surface area contributed by atoms with E-state index >= 15 is 0 Å². The quantitative estimate of drug-likeness (QED) is 0.517. The Morgan fingerprint density at radius 3 is 2.41 bits per heavy atom. The van der Waals surface area contributed by atoms with Crippen molar-refractivity contribution >= 4 is 11.8 Å². The molecule has 10 atom stereocenters. The molecular weight excluding hydrogens is 531 g/mol. The molecule has 5 rings (SSSR count). The van der Waals surface area contributed by atoms with E-state index in [1.165, 1.54) is 0 Å². The fraction of sp³-hybridized carbons (Fsp3) is 0.935. The molecule has 3 heterocycles. The average Bonchev–Trinajstić information content (AvgIpc) is 2.95. The summed E-state index contributed by atoms with van der Waals surface area (Å²) < 4.78 is 42.0. The number of halogens is 3. The van der Waals surface area contributed by atoms with E-state index in [0.717, 1.165) is 71.4 Å². The summed E-state index contributed by atoms with van der Waals surface area (Å²) in [6.45, 7) is 11.7. The van der Waals surface area contributed by atoms with Gasteiger partial charge in [0.25, 0.3) is 0 Å². The van der Waals surface area contributed by atoms with Gasteiger partial charge in [-0.1, -0.05) is 13.8 Å². The summed E-state index contributed by atoms with van der Waals surface area (Å²) >= 11 is 0. The van der Waals surface area contributed by atoms with Crippen LogP contribution in [0.25, 0.3) is 0 Å². The third-order valence-electron chi connectivity index (χ3n) is 11.6. The van der Waals surface area contributed by atoms with Crippen molar-refractivity contribution in [2.24, 2.45) is 35.5 Å². The first-order valence-electron chi connectivity index (χ1n) is 16.3. The molecule has 41 heavy (non-hydrogen) atoms. The van der Waals surface area contributed by atoms with Crippen LogP contribution in [0.4, 0.5) is 13.2 Å². The molecule has 2 amide bonds. The van der Waals surface area contributed by atoms with Gasteiger partial charge in [0.1, 0.15) is 0 Å². The minimum Gasteiger partial charge on any atom is -0.353 e. The molecule has 0 aromatic rings. The van der Waals surface area contributed by atoms with Crippen LogP contribution < -0.4 is 10.6 Å². The van der Waals surface area contributed by atoms with Gasteiger partial charge in [0.05, 0.1) is 5.92 Å². The maximum atomic E-state index is 14.0. The van der Waals surface area contributed by atoms with E-state index < -0.39 is 18.0 Å². The summed E-state index contributed by atoms with van der Waals surface area (Å²) in [7, 11) is 1.95. The van der Waals surface area contributed by atoms with Gasteiger partial charge in [-0.15, -0.1) is 0 Å². The summed E-state index contributed by atoms with van der Waals surface area (Å²) in [6.07, 6.45) is 0.526. The molecule has 0 radical (unpaired) electrons. The van der Waals surface area contributed by atoms with E-state index in [2.05, 4.69) is 41.2 Å². The summed E-state index contributed by atoms with van der Waals surface area (Å²) in [4.78, 5) is 33.7. The van der Waals surface area contributed by atoms with Gasteiger partial charge in [-0.2, -0.15) is 13.2 Å². The lowest BCUT2D eigenvalue weighted by Gasteiger charge is -2.50. The van der Waals surface area contributed by atoms with Gasteiger partial charge in [-0.05, 0) is 82.6 Å². The van der Waals surface area contributed by atoms with Gasteiger partial charge in [-0.3, -0.25) is 14.5 Å². The maximum absolute atomic E-state index is 14.0. The standard InChI is InChI=1S/C31H52F3N5O2/c1-5-38-8-10-39(11-9-38)25-14-21(13-23(16-25)31(32,33)34)29(40)36-24-7-6-19(2)26(17-24)27-15-22-18-35-20(3)12-28(22)37(4)30(27)41/h19-28,35H,5-18H2,1-4H3,(H,36,40). The fourth-order valence-electron chi connectivity index (χ4n) is 8.93. The zero-order chi connectivity index (χ0) is 29.5. The van der Waals surface area contributed by atoms with Gasteiger partial charge >= 0.3 is 6.18 Å². The molecule has 10 heteroatoms. The third-order valence-corrected chi connectivity index (χ3v) is 11.6. The Morgan fingerprint density at radius 1 is 1.00 bits per heavy atom. The number of nitrogens with zero attached hydrogens (tertiary/aromatic N) is 3. The summed E-state index contributed by atoms with van der Waals surface area (Å²) in [5, 5.41) is 6.80. The highest BCUT2D eigenvalue weighted by Gasteiger charge is 2.49. The maximum Gasteiger partial charge on any atom is 0.391 e. The number of alkyl halides is 3. The van der Waals surface area contributed by atoms with Crippen LogP contribution in [0.2, 0.25) is 0 Å². The van der Waals surface area contributed by atoms with Crippen LogP contribution in [0, 0.1) is 35.5 Å². The first kappa shape index (κ1) is 31.0. The molecule has 0 bridgehead atoms. The van der Waals surface area contributed by atoms with Crippen LogP contribution in [0.3, 0.4) is 0 Å². The second-order valence-electron chi connectivity index (χ2n) is 14.1. The van der Waals surface area contributed by atoms with E-state index in [0.29, 0.717) is 24.3 Å². The van der Waals surface area contributed by atoms with Crippen molar-refractivity contribution in [2.45, 2.75) is 102 Å². The number of piperazine rings is 1. The molecule has 5 fully saturated rings. The molecule has 10 unspecified atom stereocenters. The highest BCUT2D eigenvalue weighted by Crippen LogP contribution is 2.44. The van der Waals surface area contributed by atoms with Crippen molar-refractivity contribution in [2.75, 3.05) is 46.3 Å². The predicted octanol–water partition coefficient (Wildman–Crippen LogP) is 3.74. The smallest absolute Gasteiger partial charge is 0.353 e. The number of nitrogens with one attached hydrogen (secondary N) is 2. The minimum atomic E-state index is -4.29. The van der Waals surface area contributed by atoms with Crippen molar-refractivity contribution < 1.29 is 22.8 Å². The van der Waals surface area contributed by atoms with E-state index in [4.69, 9.17) is 0 Å². The average molecular weight is 584 g/mol. The lowest BCUT2D eigenvalue weighted by molar-refractivity contribution is -0.192. The summed E-state index contributed by atoms with van der Waals surface area (Å²) in [6, 6.07) is 0.407. The molecule has 2 saturated carbocycles. The Bertz CT molecular complexity index is 926. The van der Waals surface area contributed by atoms with Crippen molar-refractivity contribution in [1.29, 1.82) is 0 Å². The second kappa shape index (κ2) is 12.7. The summed E-state index contributed by atoms with van der Waals surface area (Å²) in [5.41, 5.74) is 0. The van der Waals surface area contributed by atoms with Crippen LogP contribution in [0.5, 0.6) is 0 Å². The number of rotatable bonds is 5. The van der Waals surface area contributed by atoms with Gasteiger partial charge in [0, 0.05) is 75.8 Å². The number of carbonyl (C=O) groups excluding carboxylic acids is 2. The molecule has 0 spiro atoms. The lowest BCUT2D eigenvalue weighted by atomic mass is 9.65. The molecule has 0 aromatic carbocycles. The molecule has 3 aliphatic heterocycles. The summed E-state index contributed by atoms with van der Waals surface area (Å²) in [5.74, 6) is -1.09. The molecular formula is C31H52F3N5O2. The van der Waals surface area contributed by atoms with E-state index in [1.54, 1.807) is 0 Å².